The number of carbonyl (C=O) groups is 2. The fourth-order valence-electron chi connectivity index (χ4n) is 2.45. The van der Waals surface area contributed by atoms with Crippen LogP contribution in [0.1, 0.15) is 6.42 Å². The molecule has 2 saturated heterocycles. The molecule has 8 heteroatoms. The van der Waals surface area contributed by atoms with Crippen molar-refractivity contribution in [2.24, 2.45) is 5.92 Å². The topological polar surface area (TPSA) is 52.7 Å². The second-order valence-electron chi connectivity index (χ2n) is 4.87. The predicted molar refractivity (Wildman–Crippen MR) is 60.2 cm³/mol. The predicted octanol–water partition coefficient (Wildman–Crippen LogP) is -0.171. The molecule has 0 aromatic heterocycles. The molecule has 0 spiro atoms. The second-order valence-corrected chi connectivity index (χ2v) is 4.87. The summed E-state index contributed by atoms with van der Waals surface area (Å²) < 4.78 is 36.8. The number of hydrogen-bond donors (Lipinski definition) is 1. The molecule has 2 heterocycles. The summed E-state index contributed by atoms with van der Waals surface area (Å²) in [6, 6.07) is 0. The van der Waals surface area contributed by atoms with Crippen molar-refractivity contribution in [3.05, 3.63) is 0 Å². The maximum absolute atomic E-state index is 12.3. The van der Waals surface area contributed by atoms with Gasteiger partial charge in [-0.2, -0.15) is 13.2 Å². The third kappa shape index (κ3) is 3.59. The van der Waals surface area contributed by atoms with Crippen LogP contribution < -0.4 is 5.32 Å². The van der Waals surface area contributed by atoms with E-state index in [0.29, 0.717) is 26.2 Å². The van der Waals surface area contributed by atoms with Crippen molar-refractivity contribution >= 4 is 11.8 Å². The molecule has 2 rings (SSSR count). The summed E-state index contributed by atoms with van der Waals surface area (Å²) in [7, 11) is 0. The normalized spacial score (nSPS) is 25.0. The van der Waals surface area contributed by atoms with Crippen LogP contribution >= 0.6 is 0 Å². The molecule has 5 nitrogen and oxygen atoms in total. The van der Waals surface area contributed by atoms with E-state index in [4.69, 9.17) is 0 Å². The van der Waals surface area contributed by atoms with Crippen LogP contribution in [-0.4, -0.2) is 67.1 Å². The molecule has 1 unspecified atom stereocenters. The minimum atomic E-state index is -4.41. The number of amides is 2. The first-order valence-electron chi connectivity index (χ1n) is 6.21. The molecular weight excluding hydrogens is 263 g/mol. The van der Waals surface area contributed by atoms with Gasteiger partial charge in [-0.15, -0.1) is 0 Å². The molecule has 0 bridgehead atoms. The highest BCUT2D eigenvalue weighted by molar-refractivity contribution is 5.89. The molecule has 0 aromatic carbocycles. The van der Waals surface area contributed by atoms with Gasteiger partial charge in [0.25, 0.3) is 0 Å². The number of halogens is 3. The van der Waals surface area contributed by atoms with Crippen molar-refractivity contribution in [2.45, 2.75) is 12.6 Å². The maximum Gasteiger partial charge on any atom is 0.406 e. The third-order valence-electron chi connectivity index (χ3n) is 3.36. The lowest BCUT2D eigenvalue weighted by molar-refractivity contribution is -0.157. The summed E-state index contributed by atoms with van der Waals surface area (Å²) in [4.78, 5) is 25.9. The number of piperazine rings is 1. The standard InChI is InChI=1S/C11H16F3N3O2/c12-11(13,14)7-17-6-8(5-9(17)18)10(19)16-3-1-15-2-4-16/h8,15H,1-7H2. The van der Waals surface area contributed by atoms with Crippen molar-refractivity contribution < 1.29 is 22.8 Å². The highest BCUT2D eigenvalue weighted by Gasteiger charge is 2.41. The zero-order valence-corrected chi connectivity index (χ0v) is 10.4. The molecule has 0 aromatic rings. The summed E-state index contributed by atoms with van der Waals surface area (Å²) in [6.45, 7) is 1.06. The van der Waals surface area contributed by atoms with Gasteiger partial charge in [0.2, 0.25) is 11.8 Å². The Morgan fingerprint density at radius 2 is 1.95 bits per heavy atom. The van der Waals surface area contributed by atoms with Crippen molar-refractivity contribution in [3.8, 4) is 0 Å². The summed E-state index contributed by atoms with van der Waals surface area (Å²) in [5.41, 5.74) is 0. The summed E-state index contributed by atoms with van der Waals surface area (Å²) >= 11 is 0. The summed E-state index contributed by atoms with van der Waals surface area (Å²) in [5, 5.41) is 3.09. The average Bonchev–Trinajstić information content (AvgIpc) is 2.69. The molecule has 2 aliphatic rings. The summed E-state index contributed by atoms with van der Waals surface area (Å²) in [6.07, 6.45) is -4.53. The van der Waals surface area contributed by atoms with Crippen molar-refractivity contribution in [1.29, 1.82) is 0 Å². The van der Waals surface area contributed by atoms with Gasteiger partial charge in [0.05, 0.1) is 5.92 Å². The third-order valence-corrected chi connectivity index (χ3v) is 3.36. The highest BCUT2D eigenvalue weighted by atomic mass is 19.4. The van der Waals surface area contributed by atoms with Crippen LogP contribution in [0.3, 0.4) is 0 Å². The Bertz CT molecular complexity index is 367. The lowest BCUT2D eigenvalue weighted by Crippen LogP contribution is -2.48. The van der Waals surface area contributed by atoms with Crippen LogP contribution in [-0.2, 0) is 9.59 Å². The first kappa shape index (κ1) is 14.1. The van der Waals surface area contributed by atoms with Gasteiger partial charge in [0.15, 0.2) is 0 Å². The van der Waals surface area contributed by atoms with E-state index in [-0.39, 0.29) is 18.9 Å². The molecule has 0 saturated carbocycles. The van der Waals surface area contributed by atoms with Crippen LogP contribution in [0.4, 0.5) is 13.2 Å². The van der Waals surface area contributed by atoms with E-state index in [1.165, 1.54) is 0 Å². The van der Waals surface area contributed by atoms with Gasteiger partial charge in [0.1, 0.15) is 6.54 Å². The first-order valence-corrected chi connectivity index (χ1v) is 6.21. The van der Waals surface area contributed by atoms with E-state index in [9.17, 15) is 22.8 Å². The number of nitrogens with zero attached hydrogens (tertiary/aromatic N) is 2. The van der Waals surface area contributed by atoms with Gasteiger partial charge in [-0.3, -0.25) is 9.59 Å². The van der Waals surface area contributed by atoms with E-state index in [1.54, 1.807) is 4.90 Å². The van der Waals surface area contributed by atoms with Gasteiger partial charge in [-0.05, 0) is 0 Å². The minimum absolute atomic E-state index is 0.112. The fourth-order valence-corrected chi connectivity index (χ4v) is 2.45. The monoisotopic (exact) mass is 279 g/mol. The quantitative estimate of drug-likeness (QED) is 0.763. The zero-order valence-electron chi connectivity index (χ0n) is 10.4. The van der Waals surface area contributed by atoms with E-state index >= 15 is 0 Å². The van der Waals surface area contributed by atoms with Crippen molar-refractivity contribution in [1.82, 2.24) is 15.1 Å². The molecule has 108 valence electrons. The minimum Gasteiger partial charge on any atom is -0.340 e. The Hall–Kier alpha value is -1.31. The maximum atomic E-state index is 12.3. The average molecular weight is 279 g/mol. The number of nitrogens with one attached hydrogen (secondary N) is 1. The fraction of sp³-hybridized carbons (Fsp3) is 0.818. The Labute approximate surface area is 108 Å². The molecule has 1 atom stereocenters. The number of alkyl halides is 3. The van der Waals surface area contributed by atoms with Crippen molar-refractivity contribution in [2.75, 3.05) is 39.3 Å². The number of hydrogen-bond acceptors (Lipinski definition) is 3. The van der Waals surface area contributed by atoms with E-state index in [1.807, 2.05) is 0 Å². The molecule has 0 radical (unpaired) electrons. The van der Waals surface area contributed by atoms with Gasteiger partial charge < -0.3 is 15.1 Å². The molecule has 2 aliphatic heterocycles. The van der Waals surface area contributed by atoms with Crippen LogP contribution in [0.15, 0.2) is 0 Å². The largest absolute Gasteiger partial charge is 0.406 e. The van der Waals surface area contributed by atoms with Gasteiger partial charge in [0, 0.05) is 39.1 Å². The van der Waals surface area contributed by atoms with Crippen LogP contribution in [0.25, 0.3) is 0 Å². The summed E-state index contributed by atoms with van der Waals surface area (Å²) in [5.74, 6) is -1.43. The Morgan fingerprint density at radius 1 is 1.32 bits per heavy atom. The molecular formula is C11H16F3N3O2. The molecule has 0 aliphatic carbocycles. The molecule has 2 fully saturated rings. The molecule has 19 heavy (non-hydrogen) atoms. The Kier molecular flexibility index (Phi) is 3.98. The Morgan fingerprint density at radius 3 is 2.53 bits per heavy atom. The smallest absolute Gasteiger partial charge is 0.340 e. The number of rotatable bonds is 2. The zero-order chi connectivity index (χ0) is 14.0. The lowest BCUT2D eigenvalue weighted by atomic mass is 10.1. The number of likely N-dealkylation sites (tertiary alicyclic amines) is 1. The van der Waals surface area contributed by atoms with Crippen LogP contribution in [0.5, 0.6) is 0 Å². The molecule has 2 amide bonds. The van der Waals surface area contributed by atoms with E-state index in [2.05, 4.69) is 5.32 Å². The van der Waals surface area contributed by atoms with Gasteiger partial charge in [-0.1, -0.05) is 0 Å². The van der Waals surface area contributed by atoms with Crippen molar-refractivity contribution in [3.63, 3.8) is 0 Å². The SMILES string of the molecule is O=C1CC(C(=O)N2CCNCC2)CN1CC(F)(F)F. The van der Waals surface area contributed by atoms with E-state index < -0.39 is 24.5 Å². The molecule has 1 N–H and O–H groups in total. The van der Waals surface area contributed by atoms with E-state index in [0.717, 1.165) is 4.90 Å². The second kappa shape index (κ2) is 5.36. The lowest BCUT2D eigenvalue weighted by Gasteiger charge is -2.29. The van der Waals surface area contributed by atoms with Gasteiger partial charge in [-0.25, -0.2) is 0 Å². The number of carbonyl (C=O) groups excluding carboxylic acids is 2. The van der Waals surface area contributed by atoms with Crippen LogP contribution in [0, 0.1) is 5.92 Å². The van der Waals surface area contributed by atoms with Gasteiger partial charge >= 0.3 is 6.18 Å². The van der Waals surface area contributed by atoms with Crippen LogP contribution in [0.2, 0.25) is 0 Å². The Balaban J connectivity index is 1.92. The highest BCUT2D eigenvalue weighted by Crippen LogP contribution is 2.25. The first-order chi connectivity index (χ1) is 8.87.